The van der Waals surface area contributed by atoms with Crippen molar-refractivity contribution in [2.24, 2.45) is 7.05 Å². The lowest BCUT2D eigenvalue weighted by Crippen LogP contribution is -2.32. The molecule has 1 unspecified atom stereocenters. The Morgan fingerprint density at radius 2 is 2.00 bits per heavy atom. The van der Waals surface area contributed by atoms with E-state index in [-0.39, 0.29) is 18.2 Å². The van der Waals surface area contributed by atoms with Crippen LogP contribution in [0.5, 0.6) is 0 Å². The van der Waals surface area contributed by atoms with Gasteiger partial charge in [-0.2, -0.15) is 0 Å². The highest BCUT2D eigenvalue weighted by Crippen LogP contribution is 2.21. The Hall–Kier alpha value is -2.37. The first-order valence-corrected chi connectivity index (χ1v) is 6.06. The number of carbonyl (C=O) groups excluding carboxylic acids is 2. The van der Waals surface area contributed by atoms with E-state index in [0.29, 0.717) is 5.95 Å². The molecule has 0 radical (unpaired) electrons. The smallest absolute Gasteiger partial charge is 0.252 e. The molecule has 1 aromatic carbocycles. The monoisotopic (exact) mass is 258 g/mol. The van der Waals surface area contributed by atoms with Crippen LogP contribution in [0.4, 0.5) is 5.95 Å². The maximum absolute atomic E-state index is 11.9. The number of hydrogen-bond acceptors (Lipinski definition) is 4. The first-order chi connectivity index (χ1) is 9.08. The number of imidazole rings is 1. The lowest BCUT2D eigenvalue weighted by atomic mass is 10.2. The van der Waals surface area contributed by atoms with Crippen molar-refractivity contribution in [3.05, 3.63) is 24.3 Å². The van der Waals surface area contributed by atoms with E-state index in [1.165, 1.54) is 7.05 Å². The molecule has 1 aliphatic heterocycles. The van der Waals surface area contributed by atoms with Crippen LogP contribution < -0.4 is 5.32 Å². The lowest BCUT2D eigenvalue weighted by Gasteiger charge is -2.11. The number of fused-ring (bicyclic) bond motifs is 1. The third-order valence-corrected chi connectivity index (χ3v) is 3.47. The van der Waals surface area contributed by atoms with E-state index in [1.807, 2.05) is 35.9 Å². The Labute approximate surface area is 110 Å². The number of aromatic nitrogens is 2. The molecule has 98 valence electrons. The number of hydrogen-bond donors (Lipinski definition) is 1. The molecule has 0 spiro atoms. The second-order valence-electron chi connectivity index (χ2n) is 4.68. The van der Waals surface area contributed by atoms with Crippen molar-refractivity contribution >= 4 is 28.8 Å². The predicted molar refractivity (Wildman–Crippen MR) is 70.5 cm³/mol. The van der Waals surface area contributed by atoms with Gasteiger partial charge in [0, 0.05) is 14.1 Å². The number of likely N-dealkylation sites (tertiary alicyclic amines) is 1. The van der Waals surface area contributed by atoms with E-state index in [9.17, 15) is 9.59 Å². The Balaban J connectivity index is 1.92. The molecule has 1 atom stereocenters. The van der Waals surface area contributed by atoms with Gasteiger partial charge in [-0.05, 0) is 12.1 Å². The maximum Gasteiger partial charge on any atom is 0.252 e. The number of likely N-dealkylation sites (N-methyl/N-ethyl adjacent to an activating group) is 1. The van der Waals surface area contributed by atoms with Gasteiger partial charge in [-0.15, -0.1) is 0 Å². The molecule has 0 saturated carbocycles. The van der Waals surface area contributed by atoms with E-state index in [2.05, 4.69) is 10.3 Å². The third kappa shape index (κ3) is 1.76. The molecule has 2 heterocycles. The van der Waals surface area contributed by atoms with Crippen molar-refractivity contribution in [2.45, 2.75) is 12.5 Å². The molecular formula is C13H14N4O2. The predicted octanol–water partition coefficient (Wildman–Crippen LogP) is 0.742. The van der Waals surface area contributed by atoms with Crippen LogP contribution in [0.3, 0.4) is 0 Å². The van der Waals surface area contributed by atoms with Gasteiger partial charge in [0.2, 0.25) is 11.9 Å². The summed E-state index contributed by atoms with van der Waals surface area (Å²) in [5, 5.41) is 3.05. The zero-order valence-corrected chi connectivity index (χ0v) is 10.8. The van der Waals surface area contributed by atoms with Crippen LogP contribution in [0.2, 0.25) is 0 Å². The van der Waals surface area contributed by atoms with E-state index in [1.54, 1.807) is 0 Å². The molecular weight excluding hydrogens is 244 g/mol. The largest absolute Gasteiger partial charge is 0.343 e. The van der Waals surface area contributed by atoms with E-state index < -0.39 is 6.04 Å². The molecule has 1 fully saturated rings. The highest BCUT2D eigenvalue weighted by atomic mass is 16.2. The molecule has 0 bridgehead atoms. The zero-order chi connectivity index (χ0) is 13.6. The topological polar surface area (TPSA) is 67.2 Å². The molecule has 2 aromatic rings. The molecule has 2 amide bonds. The third-order valence-electron chi connectivity index (χ3n) is 3.47. The van der Waals surface area contributed by atoms with Crippen molar-refractivity contribution in [3.63, 3.8) is 0 Å². The average molecular weight is 258 g/mol. The molecule has 6 heteroatoms. The molecule has 0 aliphatic carbocycles. The molecule has 3 rings (SSSR count). The number of nitrogens with one attached hydrogen (secondary N) is 1. The van der Waals surface area contributed by atoms with Gasteiger partial charge in [0.1, 0.15) is 6.04 Å². The SMILES string of the molecule is CN1C(=O)CC(Nc2nc3ccccc3n2C)C1=O. The quantitative estimate of drug-likeness (QED) is 0.807. The Kier molecular flexibility index (Phi) is 2.51. The van der Waals surface area contributed by atoms with Crippen LogP contribution in [-0.4, -0.2) is 39.4 Å². The normalized spacial score (nSPS) is 19.5. The highest BCUT2D eigenvalue weighted by molar-refractivity contribution is 6.06. The Bertz CT molecular complexity index is 676. The van der Waals surface area contributed by atoms with Gasteiger partial charge in [-0.3, -0.25) is 14.5 Å². The summed E-state index contributed by atoms with van der Waals surface area (Å²) in [5.41, 5.74) is 1.84. The number of aryl methyl sites for hydroxylation is 1. The second-order valence-corrected chi connectivity index (χ2v) is 4.68. The summed E-state index contributed by atoms with van der Waals surface area (Å²) >= 11 is 0. The van der Waals surface area contributed by atoms with Crippen LogP contribution in [0, 0.1) is 0 Å². The molecule has 6 nitrogen and oxygen atoms in total. The number of anilines is 1. The van der Waals surface area contributed by atoms with Gasteiger partial charge >= 0.3 is 0 Å². The highest BCUT2D eigenvalue weighted by Gasteiger charge is 2.36. The first-order valence-electron chi connectivity index (χ1n) is 6.06. The molecule has 1 aliphatic rings. The van der Waals surface area contributed by atoms with Crippen LogP contribution >= 0.6 is 0 Å². The van der Waals surface area contributed by atoms with Crippen LogP contribution in [0.1, 0.15) is 6.42 Å². The number of amides is 2. The van der Waals surface area contributed by atoms with Crippen molar-refractivity contribution in [3.8, 4) is 0 Å². The van der Waals surface area contributed by atoms with Crippen LogP contribution in [0.25, 0.3) is 11.0 Å². The standard InChI is InChI=1S/C13H14N4O2/c1-16-10-6-4-3-5-8(10)14-13(16)15-9-7-11(18)17(2)12(9)19/h3-6,9H,7H2,1-2H3,(H,14,15). The van der Waals surface area contributed by atoms with Crippen molar-refractivity contribution in [2.75, 3.05) is 12.4 Å². The summed E-state index contributed by atoms with van der Waals surface area (Å²) in [6.45, 7) is 0. The minimum atomic E-state index is -0.520. The van der Waals surface area contributed by atoms with Gasteiger partial charge in [0.15, 0.2) is 0 Å². The molecule has 1 aromatic heterocycles. The fourth-order valence-corrected chi connectivity index (χ4v) is 2.30. The number of benzene rings is 1. The number of para-hydroxylation sites is 2. The number of imide groups is 1. The molecule has 1 N–H and O–H groups in total. The summed E-state index contributed by atoms with van der Waals surface area (Å²) in [5.74, 6) is 0.223. The van der Waals surface area contributed by atoms with Crippen molar-refractivity contribution in [1.29, 1.82) is 0 Å². The van der Waals surface area contributed by atoms with Gasteiger partial charge in [-0.1, -0.05) is 12.1 Å². The number of rotatable bonds is 2. The first kappa shape index (κ1) is 11.7. The summed E-state index contributed by atoms with van der Waals surface area (Å²) in [4.78, 5) is 28.9. The van der Waals surface area contributed by atoms with Gasteiger partial charge in [0.05, 0.1) is 17.5 Å². The Morgan fingerprint density at radius 3 is 2.63 bits per heavy atom. The van der Waals surface area contributed by atoms with Crippen LogP contribution in [0.15, 0.2) is 24.3 Å². The summed E-state index contributed by atoms with van der Waals surface area (Å²) in [6.07, 6.45) is 0.179. The van der Waals surface area contributed by atoms with Gasteiger partial charge < -0.3 is 9.88 Å². The summed E-state index contributed by atoms with van der Waals surface area (Å²) in [7, 11) is 3.38. The summed E-state index contributed by atoms with van der Waals surface area (Å²) < 4.78 is 1.88. The number of nitrogens with zero attached hydrogens (tertiary/aromatic N) is 3. The second kappa shape index (κ2) is 4.08. The lowest BCUT2D eigenvalue weighted by molar-refractivity contribution is -0.136. The van der Waals surface area contributed by atoms with Crippen molar-refractivity contribution in [1.82, 2.24) is 14.5 Å². The maximum atomic E-state index is 11.9. The van der Waals surface area contributed by atoms with Gasteiger partial charge in [0.25, 0.3) is 5.91 Å². The number of carbonyl (C=O) groups is 2. The average Bonchev–Trinajstić information content (AvgIpc) is 2.84. The zero-order valence-electron chi connectivity index (χ0n) is 10.8. The van der Waals surface area contributed by atoms with Gasteiger partial charge in [-0.25, -0.2) is 4.98 Å². The minimum absolute atomic E-state index is 0.165. The van der Waals surface area contributed by atoms with E-state index >= 15 is 0 Å². The fourth-order valence-electron chi connectivity index (χ4n) is 2.30. The minimum Gasteiger partial charge on any atom is -0.343 e. The molecule has 1 saturated heterocycles. The van der Waals surface area contributed by atoms with E-state index in [4.69, 9.17) is 0 Å². The van der Waals surface area contributed by atoms with Crippen molar-refractivity contribution < 1.29 is 9.59 Å². The Morgan fingerprint density at radius 1 is 1.26 bits per heavy atom. The van der Waals surface area contributed by atoms with E-state index in [0.717, 1.165) is 15.9 Å². The molecule has 19 heavy (non-hydrogen) atoms. The fraction of sp³-hybridized carbons (Fsp3) is 0.308. The summed E-state index contributed by atoms with van der Waals surface area (Å²) in [6, 6.07) is 7.20. The van der Waals surface area contributed by atoms with Crippen LogP contribution in [-0.2, 0) is 16.6 Å².